The number of anilines is 1. The molecule has 0 bridgehead atoms. The third-order valence-corrected chi connectivity index (χ3v) is 3.53. The monoisotopic (exact) mass is 308 g/mol. The molecule has 6 heteroatoms. The molecule has 21 heavy (non-hydrogen) atoms. The Bertz CT molecular complexity index is 542. The number of carboxylic acids is 1. The lowest BCUT2D eigenvalue weighted by Crippen LogP contribution is -2.47. The summed E-state index contributed by atoms with van der Waals surface area (Å²) in [6.45, 7) is -0.393. The van der Waals surface area contributed by atoms with E-state index in [0.29, 0.717) is 10.7 Å². The normalized spacial score (nSPS) is 17.3. The SMILES string of the molecule is O=C(O)CN(C(=O)NC1CC=CCC1)c1ccc(Cl)cc1. The van der Waals surface area contributed by atoms with E-state index < -0.39 is 18.5 Å². The minimum Gasteiger partial charge on any atom is -0.480 e. The summed E-state index contributed by atoms with van der Waals surface area (Å²) in [7, 11) is 0. The van der Waals surface area contributed by atoms with Crippen molar-refractivity contribution < 1.29 is 14.7 Å². The van der Waals surface area contributed by atoms with Gasteiger partial charge in [0.2, 0.25) is 0 Å². The van der Waals surface area contributed by atoms with E-state index in [4.69, 9.17) is 16.7 Å². The van der Waals surface area contributed by atoms with Crippen molar-refractivity contribution in [2.24, 2.45) is 0 Å². The van der Waals surface area contributed by atoms with Crippen molar-refractivity contribution in [1.29, 1.82) is 0 Å². The van der Waals surface area contributed by atoms with Crippen molar-refractivity contribution in [2.45, 2.75) is 25.3 Å². The maximum atomic E-state index is 12.3. The molecule has 0 radical (unpaired) electrons. The Kier molecular flexibility index (Phi) is 5.22. The van der Waals surface area contributed by atoms with Crippen molar-refractivity contribution >= 4 is 29.3 Å². The van der Waals surface area contributed by atoms with Gasteiger partial charge in [0.25, 0.3) is 0 Å². The summed E-state index contributed by atoms with van der Waals surface area (Å²) in [6.07, 6.45) is 6.66. The Morgan fingerprint density at radius 1 is 1.29 bits per heavy atom. The Hall–Kier alpha value is -2.01. The summed E-state index contributed by atoms with van der Waals surface area (Å²) >= 11 is 5.81. The fourth-order valence-corrected chi connectivity index (χ4v) is 2.34. The predicted molar refractivity (Wildman–Crippen MR) is 81.7 cm³/mol. The third-order valence-electron chi connectivity index (χ3n) is 3.27. The number of carbonyl (C=O) groups excluding carboxylic acids is 1. The molecule has 2 amide bonds. The van der Waals surface area contributed by atoms with Crippen LogP contribution >= 0.6 is 11.6 Å². The lowest BCUT2D eigenvalue weighted by Gasteiger charge is -2.26. The van der Waals surface area contributed by atoms with Gasteiger partial charge in [-0.1, -0.05) is 23.8 Å². The zero-order valence-electron chi connectivity index (χ0n) is 11.5. The number of benzene rings is 1. The molecule has 2 rings (SSSR count). The molecule has 1 aromatic rings. The van der Waals surface area contributed by atoms with Crippen LogP contribution in [-0.2, 0) is 4.79 Å². The Balaban J connectivity index is 2.10. The van der Waals surface area contributed by atoms with Crippen LogP contribution in [0.25, 0.3) is 0 Å². The van der Waals surface area contributed by atoms with Crippen molar-refractivity contribution in [2.75, 3.05) is 11.4 Å². The molecule has 0 fully saturated rings. The van der Waals surface area contributed by atoms with Gasteiger partial charge >= 0.3 is 12.0 Å². The van der Waals surface area contributed by atoms with Gasteiger partial charge in [0.05, 0.1) is 0 Å². The van der Waals surface area contributed by atoms with Crippen molar-refractivity contribution in [3.8, 4) is 0 Å². The maximum absolute atomic E-state index is 12.3. The van der Waals surface area contributed by atoms with Gasteiger partial charge in [-0.3, -0.25) is 9.69 Å². The van der Waals surface area contributed by atoms with Crippen LogP contribution in [0.3, 0.4) is 0 Å². The number of nitrogens with one attached hydrogen (secondary N) is 1. The number of halogens is 1. The lowest BCUT2D eigenvalue weighted by molar-refractivity contribution is -0.135. The topological polar surface area (TPSA) is 69.6 Å². The standard InChI is InChI=1S/C15H17ClN2O3/c16-11-6-8-13(9-7-11)18(10-14(19)20)15(21)17-12-4-2-1-3-5-12/h1-2,6-9,12H,3-5,10H2,(H,17,21)(H,19,20). The van der Waals surface area contributed by atoms with Crippen LogP contribution in [0.4, 0.5) is 10.5 Å². The first kappa shape index (κ1) is 15.4. The predicted octanol–water partition coefficient (Wildman–Crippen LogP) is 3.05. The zero-order chi connectivity index (χ0) is 15.2. The summed E-state index contributed by atoms with van der Waals surface area (Å²) in [5.74, 6) is -1.07. The van der Waals surface area contributed by atoms with E-state index >= 15 is 0 Å². The van der Waals surface area contributed by atoms with E-state index in [9.17, 15) is 9.59 Å². The highest BCUT2D eigenvalue weighted by Crippen LogP contribution is 2.19. The second-order valence-corrected chi connectivity index (χ2v) is 5.32. The summed E-state index contributed by atoms with van der Waals surface area (Å²) in [4.78, 5) is 24.5. The number of aliphatic carboxylic acids is 1. The highest BCUT2D eigenvalue weighted by Gasteiger charge is 2.21. The summed E-state index contributed by atoms with van der Waals surface area (Å²) in [6, 6.07) is 6.16. The number of allylic oxidation sites excluding steroid dienone is 1. The van der Waals surface area contributed by atoms with E-state index in [-0.39, 0.29) is 6.04 Å². The average Bonchev–Trinajstić information content (AvgIpc) is 2.46. The first-order valence-corrected chi connectivity index (χ1v) is 7.14. The van der Waals surface area contributed by atoms with Gasteiger partial charge in [0.1, 0.15) is 6.54 Å². The lowest BCUT2D eigenvalue weighted by atomic mass is 10.0. The second kappa shape index (κ2) is 7.13. The Morgan fingerprint density at radius 3 is 2.57 bits per heavy atom. The van der Waals surface area contributed by atoms with Gasteiger partial charge in [-0.05, 0) is 43.5 Å². The highest BCUT2D eigenvalue weighted by molar-refractivity contribution is 6.30. The largest absolute Gasteiger partial charge is 0.480 e. The van der Waals surface area contributed by atoms with Crippen LogP contribution in [0, 0.1) is 0 Å². The smallest absolute Gasteiger partial charge is 0.323 e. The molecular weight excluding hydrogens is 292 g/mol. The zero-order valence-corrected chi connectivity index (χ0v) is 12.2. The Labute approximate surface area is 128 Å². The van der Waals surface area contributed by atoms with Gasteiger partial charge < -0.3 is 10.4 Å². The third kappa shape index (κ3) is 4.49. The number of carbonyl (C=O) groups is 2. The van der Waals surface area contributed by atoms with Gasteiger partial charge in [0.15, 0.2) is 0 Å². The van der Waals surface area contributed by atoms with Gasteiger partial charge in [0, 0.05) is 16.8 Å². The van der Waals surface area contributed by atoms with Crippen molar-refractivity contribution in [3.05, 3.63) is 41.4 Å². The number of urea groups is 1. The van der Waals surface area contributed by atoms with Gasteiger partial charge in [-0.25, -0.2) is 4.79 Å². The fraction of sp³-hybridized carbons (Fsp3) is 0.333. The number of hydrogen-bond donors (Lipinski definition) is 2. The van der Waals surface area contributed by atoms with Crippen molar-refractivity contribution in [3.63, 3.8) is 0 Å². The summed E-state index contributed by atoms with van der Waals surface area (Å²) < 4.78 is 0. The van der Waals surface area contributed by atoms with Gasteiger partial charge in [-0.15, -0.1) is 0 Å². The molecule has 0 heterocycles. The molecule has 2 N–H and O–H groups in total. The number of nitrogens with zero attached hydrogens (tertiary/aromatic N) is 1. The van der Waals surface area contributed by atoms with Crippen LogP contribution in [0.2, 0.25) is 5.02 Å². The molecule has 1 aliphatic rings. The molecule has 1 unspecified atom stereocenters. The first-order chi connectivity index (χ1) is 10.1. The summed E-state index contributed by atoms with van der Waals surface area (Å²) in [5, 5.41) is 12.4. The van der Waals surface area contributed by atoms with Crippen LogP contribution in [0.5, 0.6) is 0 Å². The molecule has 0 aliphatic heterocycles. The maximum Gasteiger partial charge on any atom is 0.323 e. The van der Waals surface area contributed by atoms with E-state index in [1.807, 2.05) is 6.08 Å². The number of rotatable bonds is 4. The first-order valence-electron chi connectivity index (χ1n) is 6.76. The van der Waals surface area contributed by atoms with E-state index in [0.717, 1.165) is 19.3 Å². The van der Waals surface area contributed by atoms with Crippen LogP contribution in [0.1, 0.15) is 19.3 Å². The molecule has 5 nitrogen and oxygen atoms in total. The summed E-state index contributed by atoms with van der Waals surface area (Å²) in [5.41, 5.74) is 0.505. The minimum atomic E-state index is -1.07. The quantitative estimate of drug-likeness (QED) is 0.840. The molecule has 112 valence electrons. The number of hydrogen-bond acceptors (Lipinski definition) is 2. The van der Waals surface area contributed by atoms with E-state index in [1.54, 1.807) is 24.3 Å². The van der Waals surface area contributed by atoms with Crippen LogP contribution < -0.4 is 10.2 Å². The fourth-order valence-electron chi connectivity index (χ4n) is 2.21. The molecule has 0 aromatic heterocycles. The molecule has 1 atom stereocenters. The second-order valence-electron chi connectivity index (χ2n) is 4.89. The van der Waals surface area contributed by atoms with E-state index in [2.05, 4.69) is 11.4 Å². The van der Waals surface area contributed by atoms with Crippen LogP contribution in [0.15, 0.2) is 36.4 Å². The average molecular weight is 309 g/mol. The molecule has 1 aliphatic carbocycles. The van der Waals surface area contributed by atoms with Gasteiger partial charge in [-0.2, -0.15) is 0 Å². The Morgan fingerprint density at radius 2 is 2.00 bits per heavy atom. The molecule has 0 saturated carbocycles. The number of amides is 2. The van der Waals surface area contributed by atoms with E-state index in [1.165, 1.54) is 4.90 Å². The minimum absolute atomic E-state index is 0.0473. The molecular formula is C15H17ClN2O3. The number of carboxylic acid groups (broad SMARTS) is 1. The van der Waals surface area contributed by atoms with Crippen LogP contribution in [-0.4, -0.2) is 29.7 Å². The molecule has 0 saturated heterocycles. The highest BCUT2D eigenvalue weighted by atomic mass is 35.5. The van der Waals surface area contributed by atoms with Crippen molar-refractivity contribution in [1.82, 2.24) is 5.32 Å². The molecule has 0 spiro atoms. The molecule has 1 aromatic carbocycles.